The van der Waals surface area contributed by atoms with Gasteiger partial charge in [-0.25, -0.2) is 0 Å². The third kappa shape index (κ3) is 2.27. The fourth-order valence-electron chi connectivity index (χ4n) is 4.65. The fourth-order valence-corrected chi connectivity index (χ4v) is 4.65. The molecule has 0 radical (unpaired) electrons. The molecule has 0 unspecified atom stereocenters. The van der Waals surface area contributed by atoms with Crippen LogP contribution in [0.3, 0.4) is 0 Å². The van der Waals surface area contributed by atoms with Crippen LogP contribution < -0.4 is 10.6 Å². The van der Waals surface area contributed by atoms with Crippen molar-refractivity contribution in [2.75, 3.05) is 13.1 Å². The van der Waals surface area contributed by atoms with Gasteiger partial charge in [-0.15, -0.1) is 6.42 Å². The predicted octanol–water partition coefficient (Wildman–Crippen LogP) is 1.15. The van der Waals surface area contributed by atoms with Crippen LogP contribution in [0.25, 0.3) is 0 Å². The van der Waals surface area contributed by atoms with Gasteiger partial charge in [0.05, 0.1) is 13.1 Å². The Bertz CT molecular complexity index is 343. The van der Waals surface area contributed by atoms with E-state index in [2.05, 4.69) is 16.6 Å². The van der Waals surface area contributed by atoms with E-state index < -0.39 is 0 Å². The van der Waals surface area contributed by atoms with Crippen LogP contribution in [0.4, 0.5) is 0 Å². The fraction of sp³-hybridized carbons (Fsp3) is 0.800. The molecule has 0 aromatic heterocycles. The lowest BCUT2D eigenvalue weighted by molar-refractivity contribution is -0.124. The number of hydrogen-bond donors (Lipinski definition) is 2. The van der Waals surface area contributed by atoms with Crippen molar-refractivity contribution in [3.63, 3.8) is 0 Å². The lowest BCUT2D eigenvalue weighted by Gasteiger charge is -2.54. The van der Waals surface area contributed by atoms with E-state index in [9.17, 15) is 4.79 Å². The lowest BCUT2D eigenvalue weighted by Crippen LogP contribution is -2.56. The van der Waals surface area contributed by atoms with Gasteiger partial charge in [0.25, 0.3) is 0 Å². The highest BCUT2D eigenvalue weighted by molar-refractivity contribution is 5.78. The van der Waals surface area contributed by atoms with Crippen LogP contribution in [0, 0.1) is 36.0 Å². The summed E-state index contributed by atoms with van der Waals surface area (Å²) >= 11 is 0. The molecule has 4 rings (SSSR count). The Morgan fingerprint density at radius 2 is 1.72 bits per heavy atom. The molecule has 0 saturated heterocycles. The van der Waals surface area contributed by atoms with Crippen molar-refractivity contribution in [2.24, 2.45) is 23.7 Å². The van der Waals surface area contributed by atoms with E-state index in [4.69, 9.17) is 6.42 Å². The molecule has 3 nitrogen and oxygen atoms in total. The maximum Gasteiger partial charge on any atom is 0.234 e. The Morgan fingerprint density at radius 1 is 1.11 bits per heavy atom. The van der Waals surface area contributed by atoms with E-state index in [-0.39, 0.29) is 5.91 Å². The molecule has 3 heteroatoms. The van der Waals surface area contributed by atoms with Crippen LogP contribution in [0.15, 0.2) is 0 Å². The van der Waals surface area contributed by atoms with Crippen LogP contribution >= 0.6 is 0 Å². The van der Waals surface area contributed by atoms with Gasteiger partial charge in [-0.05, 0) is 55.8 Å². The third-order valence-electron chi connectivity index (χ3n) is 5.07. The zero-order valence-electron chi connectivity index (χ0n) is 10.8. The second-order valence-electron chi connectivity index (χ2n) is 6.33. The second kappa shape index (κ2) is 4.93. The quantitative estimate of drug-likeness (QED) is 0.577. The monoisotopic (exact) mass is 246 g/mol. The first-order chi connectivity index (χ1) is 8.76. The van der Waals surface area contributed by atoms with Gasteiger partial charge in [0.1, 0.15) is 0 Å². The number of carbonyl (C=O) groups is 1. The minimum Gasteiger partial charge on any atom is -0.352 e. The summed E-state index contributed by atoms with van der Waals surface area (Å²) in [5.74, 6) is 6.01. The van der Waals surface area contributed by atoms with Crippen molar-refractivity contribution in [1.82, 2.24) is 10.6 Å². The SMILES string of the molecule is C#CCNCC(=O)NC1C2CC3CC(C2)CC1C3. The van der Waals surface area contributed by atoms with Crippen LogP contribution in [0.2, 0.25) is 0 Å². The molecule has 4 aliphatic carbocycles. The minimum atomic E-state index is 0.114. The minimum absolute atomic E-state index is 0.114. The van der Waals surface area contributed by atoms with Crippen LogP contribution in [0.5, 0.6) is 0 Å². The molecular weight excluding hydrogens is 224 g/mol. The van der Waals surface area contributed by atoms with Crippen LogP contribution in [-0.4, -0.2) is 25.0 Å². The molecule has 4 saturated carbocycles. The molecule has 4 bridgehead atoms. The Balaban J connectivity index is 1.54. The van der Waals surface area contributed by atoms with Gasteiger partial charge >= 0.3 is 0 Å². The highest BCUT2D eigenvalue weighted by atomic mass is 16.2. The molecule has 1 amide bonds. The maximum absolute atomic E-state index is 11.9. The van der Waals surface area contributed by atoms with E-state index in [1.165, 1.54) is 32.1 Å². The molecule has 98 valence electrons. The van der Waals surface area contributed by atoms with Gasteiger partial charge in [0.15, 0.2) is 0 Å². The standard InChI is InChI=1S/C15H22N2O/c1-2-3-16-9-14(18)17-15-12-5-10-4-11(7-12)8-13(15)6-10/h1,10-13,15-16H,3-9H2,(H,17,18). The van der Waals surface area contributed by atoms with Gasteiger partial charge < -0.3 is 5.32 Å². The van der Waals surface area contributed by atoms with E-state index in [0.717, 1.165) is 23.7 Å². The Morgan fingerprint density at radius 3 is 2.28 bits per heavy atom. The first-order valence-electron chi connectivity index (χ1n) is 7.19. The van der Waals surface area contributed by atoms with Crippen molar-refractivity contribution in [3.05, 3.63) is 0 Å². The normalized spacial score (nSPS) is 40.5. The number of terminal acetylenes is 1. The highest BCUT2D eigenvalue weighted by Gasteiger charge is 2.48. The topological polar surface area (TPSA) is 41.1 Å². The average Bonchev–Trinajstić information content (AvgIpc) is 2.33. The molecule has 0 heterocycles. The van der Waals surface area contributed by atoms with Gasteiger partial charge in [-0.2, -0.15) is 0 Å². The summed E-state index contributed by atoms with van der Waals surface area (Å²) in [7, 11) is 0. The number of rotatable bonds is 4. The summed E-state index contributed by atoms with van der Waals surface area (Å²) in [5, 5.41) is 6.21. The molecule has 0 spiro atoms. The van der Waals surface area contributed by atoms with E-state index in [1.807, 2.05) is 0 Å². The molecular formula is C15H22N2O. The third-order valence-corrected chi connectivity index (χ3v) is 5.07. The van der Waals surface area contributed by atoms with Crippen molar-refractivity contribution in [3.8, 4) is 12.3 Å². The largest absolute Gasteiger partial charge is 0.352 e. The first-order valence-corrected chi connectivity index (χ1v) is 7.19. The number of carbonyl (C=O) groups excluding carboxylic acids is 1. The first kappa shape index (κ1) is 12.0. The smallest absolute Gasteiger partial charge is 0.234 e. The van der Waals surface area contributed by atoms with Crippen LogP contribution in [-0.2, 0) is 4.79 Å². The average molecular weight is 246 g/mol. The van der Waals surface area contributed by atoms with E-state index in [0.29, 0.717) is 19.1 Å². The number of nitrogens with one attached hydrogen (secondary N) is 2. The van der Waals surface area contributed by atoms with Gasteiger partial charge in [0.2, 0.25) is 5.91 Å². The van der Waals surface area contributed by atoms with Gasteiger partial charge in [0, 0.05) is 6.04 Å². The summed E-state index contributed by atoms with van der Waals surface area (Å²) in [6, 6.07) is 0.443. The van der Waals surface area contributed by atoms with Crippen molar-refractivity contribution < 1.29 is 4.79 Å². The highest BCUT2D eigenvalue weighted by Crippen LogP contribution is 2.53. The number of hydrogen-bond acceptors (Lipinski definition) is 2. The summed E-state index contributed by atoms with van der Waals surface area (Å²) in [5.41, 5.74) is 0. The summed E-state index contributed by atoms with van der Waals surface area (Å²) in [4.78, 5) is 11.9. The molecule has 18 heavy (non-hydrogen) atoms. The molecule has 4 fully saturated rings. The van der Waals surface area contributed by atoms with Gasteiger partial charge in [-0.1, -0.05) is 5.92 Å². The van der Waals surface area contributed by atoms with Crippen LogP contribution in [0.1, 0.15) is 32.1 Å². The molecule has 4 aliphatic rings. The zero-order chi connectivity index (χ0) is 12.5. The molecule has 0 atom stereocenters. The second-order valence-corrected chi connectivity index (χ2v) is 6.33. The summed E-state index contributed by atoms with van der Waals surface area (Å²) < 4.78 is 0. The summed E-state index contributed by atoms with van der Waals surface area (Å²) in [6.07, 6.45) is 12.0. The molecule has 0 aromatic rings. The molecule has 0 aromatic carbocycles. The lowest BCUT2D eigenvalue weighted by atomic mass is 9.54. The number of amides is 1. The Hall–Kier alpha value is -1.01. The predicted molar refractivity (Wildman–Crippen MR) is 70.7 cm³/mol. The maximum atomic E-state index is 11.9. The van der Waals surface area contributed by atoms with Crippen molar-refractivity contribution in [1.29, 1.82) is 0 Å². The van der Waals surface area contributed by atoms with E-state index >= 15 is 0 Å². The van der Waals surface area contributed by atoms with E-state index in [1.54, 1.807) is 0 Å². The van der Waals surface area contributed by atoms with Crippen molar-refractivity contribution in [2.45, 2.75) is 38.1 Å². The van der Waals surface area contributed by atoms with Crippen molar-refractivity contribution >= 4 is 5.91 Å². The Kier molecular flexibility index (Phi) is 3.30. The van der Waals surface area contributed by atoms with Gasteiger partial charge in [-0.3, -0.25) is 10.1 Å². The molecule has 2 N–H and O–H groups in total. The Labute approximate surface area is 109 Å². The summed E-state index contributed by atoms with van der Waals surface area (Å²) in [6.45, 7) is 0.822. The zero-order valence-corrected chi connectivity index (χ0v) is 10.8. The molecule has 0 aliphatic heterocycles.